The van der Waals surface area contributed by atoms with Crippen molar-refractivity contribution in [2.45, 2.75) is 38.4 Å². The lowest BCUT2D eigenvalue weighted by Crippen LogP contribution is -2.30. The maximum absolute atomic E-state index is 10.4. The van der Waals surface area contributed by atoms with E-state index in [1.165, 1.54) is 0 Å². The number of carboxylic acids is 1. The summed E-state index contributed by atoms with van der Waals surface area (Å²) in [5, 5.41) is 8.55. The molecule has 1 fully saturated rings. The van der Waals surface area contributed by atoms with E-state index in [9.17, 15) is 4.79 Å². The Hall–Kier alpha value is -0.610. The van der Waals surface area contributed by atoms with Gasteiger partial charge >= 0.3 is 5.97 Å². The summed E-state index contributed by atoms with van der Waals surface area (Å²) in [6.45, 7) is 3.20. The van der Waals surface area contributed by atoms with E-state index in [2.05, 4.69) is 0 Å². The van der Waals surface area contributed by atoms with E-state index < -0.39 is 11.8 Å². The molecule has 0 amide bonds. The highest BCUT2D eigenvalue weighted by Crippen LogP contribution is 2.29. The van der Waals surface area contributed by atoms with Crippen molar-refractivity contribution >= 4 is 5.97 Å². The van der Waals surface area contributed by atoms with Crippen LogP contribution in [0, 0.1) is 0 Å². The minimum absolute atomic E-state index is 0.111. The molecular formula is C9H16O4. The van der Waals surface area contributed by atoms with Crippen LogP contribution in [-0.2, 0) is 14.3 Å². The Morgan fingerprint density at radius 1 is 1.38 bits per heavy atom. The second-order valence-electron chi connectivity index (χ2n) is 3.25. The van der Waals surface area contributed by atoms with E-state index in [1.807, 2.05) is 6.92 Å². The molecule has 4 heteroatoms. The van der Waals surface area contributed by atoms with Crippen molar-refractivity contribution in [1.29, 1.82) is 0 Å². The van der Waals surface area contributed by atoms with Crippen LogP contribution in [0.5, 0.6) is 0 Å². The Labute approximate surface area is 77.8 Å². The Kier molecular flexibility index (Phi) is 3.69. The van der Waals surface area contributed by atoms with Crippen molar-refractivity contribution in [1.82, 2.24) is 0 Å². The van der Waals surface area contributed by atoms with E-state index in [-0.39, 0.29) is 6.42 Å². The van der Waals surface area contributed by atoms with Gasteiger partial charge in [-0.25, -0.2) is 0 Å². The molecule has 0 aromatic carbocycles. The molecule has 0 unspecified atom stereocenters. The lowest BCUT2D eigenvalue weighted by molar-refractivity contribution is -0.172. The quantitative estimate of drug-likeness (QED) is 0.708. The molecule has 1 N–H and O–H groups in total. The first-order valence-electron chi connectivity index (χ1n) is 4.68. The highest BCUT2D eigenvalue weighted by atomic mass is 16.7. The fourth-order valence-corrected chi connectivity index (χ4v) is 1.59. The van der Waals surface area contributed by atoms with Crippen molar-refractivity contribution in [3.63, 3.8) is 0 Å². The highest BCUT2D eigenvalue weighted by Gasteiger charge is 2.35. The van der Waals surface area contributed by atoms with Crippen molar-refractivity contribution < 1.29 is 19.4 Å². The molecule has 0 radical (unpaired) electrons. The van der Waals surface area contributed by atoms with Gasteiger partial charge in [-0.15, -0.1) is 0 Å². The predicted molar refractivity (Wildman–Crippen MR) is 46.4 cm³/mol. The molecule has 1 rings (SSSR count). The smallest absolute Gasteiger partial charge is 0.303 e. The molecule has 13 heavy (non-hydrogen) atoms. The molecule has 1 aliphatic heterocycles. The SMILES string of the molecule is CCCC1(CCC(=O)O)OCCO1. The van der Waals surface area contributed by atoms with Crippen LogP contribution in [0.1, 0.15) is 32.6 Å². The second kappa shape index (κ2) is 4.58. The van der Waals surface area contributed by atoms with Gasteiger partial charge in [0.25, 0.3) is 0 Å². The molecule has 1 heterocycles. The molecule has 1 saturated heterocycles. The third-order valence-corrected chi connectivity index (χ3v) is 2.16. The molecule has 1 aliphatic rings. The topological polar surface area (TPSA) is 55.8 Å². The lowest BCUT2D eigenvalue weighted by atomic mass is 10.1. The number of carbonyl (C=O) groups is 1. The maximum Gasteiger partial charge on any atom is 0.303 e. The summed E-state index contributed by atoms with van der Waals surface area (Å²) in [6, 6.07) is 0. The molecule has 0 atom stereocenters. The van der Waals surface area contributed by atoms with Gasteiger partial charge < -0.3 is 14.6 Å². The molecule has 0 saturated carbocycles. The monoisotopic (exact) mass is 188 g/mol. The first-order chi connectivity index (χ1) is 6.18. The average molecular weight is 188 g/mol. The molecule has 76 valence electrons. The largest absolute Gasteiger partial charge is 0.481 e. The molecular weight excluding hydrogens is 172 g/mol. The normalized spacial score (nSPS) is 20.4. The van der Waals surface area contributed by atoms with Gasteiger partial charge in [0, 0.05) is 12.8 Å². The van der Waals surface area contributed by atoms with Crippen LogP contribution in [0.2, 0.25) is 0 Å². The second-order valence-corrected chi connectivity index (χ2v) is 3.25. The number of hydrogen-bond donors (Lipinski definition) is 1. The lowest BCUT2D eigenvalue weighted by Gasteiger charge is -2.26. The van der Waals surface area contributed by atoms with Crippen molar-refractivity contribution in [3.8, 4) is 0 Å². The zero-order valence-corrected chi connectivity index (χ0v) is 7.91. The van der Waals surface area contributed by atoms with Crippen molar-refractivity contribution in [2.24, 2.45) is 0 Å². The van der Waals surface area contributed by atoms with Gasteiger partial charge in [-0.05, 0) is 0 Å². The molecule has 0 aromatic heterocycles. The summed E-state index contributed by atoms with van der Waals surface area (Å²) < 4.78 is 10.9. The highest BCUT2D eigenvalue weighted by molar-refractivity contribution is 5.66. The Balaban J connectivity index is 2.41. The molecule has 0 spiro atoms. The summed E-state index contributed by atoms with van der Waals surface area (Å²) in [6.07, 6.45) is 2.29. The minimum atomic E-state index is -0.797. The summed E-state index contributed by atoms with van der Waals surface area (Å²) in [7, 11) is 0. The van der Waals surface area contributed by atoms with Crippen LogP contribution < -0.4 is 0 Å². The first-order valence-corrected chi connectivity index (χ1v) is 4.68. The number of ether oxygens (including phenoxy) is 2. The van der Waals surface area contributed by atoms with E-state index in [4.69, 9.17) is 14.6 Å². The number of rotatable bonds is 5. The summed E-state index contributed by atoms with van der Waals surface area (Å²) in [5.41, 5.74) is 0. The maximum atomic E-state index is 10.4. The number of hydrogen-bond acceptors (Lipinski definition) is 3. The van der Waals surface area contributed by atoms with Crippen LogP contribution in [0.15, 0.2) is 0 Å². The number of carboxylic acid groups (broad SMARTS) is 1. The zero-order valence-electron chi connectivity index (χ0n) is 7.91. The van der Waals surface area contributed by atoms with Gasteiger partial charge in [-0.2, -0.15) is 0 Å². The number of aliphatic carboxylic acids is 1. The molecule has 4 nitrogen and oxygen atoms in total. The van der Waals surface area contributed by atoms with Gasteiger partial charge in [0.2, 0.25) is 0 Å². The third kappa shape index (κ3) is 2.97. The fourth-order valence-electron chi connectivity index (χ4n) is 1.59. The molecule has 0 aliphatic carbocycles. The van der Waals surface area contributed by atoms with Crippen LogP contribution in [0.4, 0.5) is 0 Å². The van der Waals surface area contributed by atoms with Gasteiger partial charge in [0.15, 0.2) is 5.79 Å². The summed E-state index contributed by atoms with van der Waals surface area (Å²) >= 11 is 0. The Morgan fingerprint density at radius 2 is 2.00 bits per heavy atom. The van der Waals surface area contributed by atoms with Crippen LogP contribution in [0.25, 0.3) is 0 Å². The molecule has 0 aromatic rings. The third-order valence-electron chi connectivity index (χ3n) is 2.16. The molecule has 0 bridgehead atoms. The van der Waals surface area contributed by atoms with E-state index in [0.29, 0.717) is 19.6 Å². The minimum Gasteiger partial charge on any atom is -0.481 e. The van der Waals surface area contributed by atoms with Gasteiger partial charge in [-0.1, -0.05) is 13.3 Å². The standard InChI is InChI=1S/C9H16O4/c1-2-4-9(5-3-8(10)11)12-6-7-13-9/h2-7H2,1H3,(H,10,11). The van der Waals surface area contributed by atoms with Crippen LogP contribution in [-0.4, -0.2) is 30.1 Å². The Bertz CT molecular complexity index is 172. The van der Waals surface area contributed by atoms with Gasteiger partial charge in [0.1, 0.15) is 0 Å². The predicted octanol–water partition coefficient (Wildman–Crippen LogP) is 1.39. The fraction of sp³-hybridized carbons (Fsp3) is 0.889. The van der Waals surface area contributed by atoms with Gasteiger partial charge in [0.05, 0.1) is 19.6 Å². The summed E-state index contributed by atoms with van der Waals surface area (Å²) in [5.74, 6) is -1.40. The van der Waals surface area contributed by atoms with Crippen molar-refractivity contribution in [2.75, 3.05) is 13.2 Å². The van der Waals surface area contributed by atoms with E-state index in [0.717, 1.165) is 12.8 Å². The average Bonchev–Trinajstić information content (AvgIpc) is 2.51. The zero-order chi connectivity index (χ0) is 9.73. The summed E-state index contributed by atoms with van der Waals surface area (Å²) in [4.78, 5) is 10.4. The van der Waals surface area contributed by atoms with Crippen molar-refractivity contribution in [3.05, 3.63) is 0 Å². The Morgan fingerprint density at radius 3 is 2.46 bits per heavy atom. The van der Waals surface area contributed by atoms with Crippen LogP contribution in [0.3, 0.4) is 0 Å². The van der Waals surface area contributed by atoms with Crippen LogP contribution >= 0.6 is 0 Å². The van der Waals surface area contributed by atoms with Gasteiger partial charge in [-0.3, -0.25) is 4.79 Å². The van der Waals surface area contributed by atoms with E-state index >= 15 is 0 Å². The first kappa shape index (κ1) is 10.5. The van der Waals surface area contributed by atoms with E-state index in [1.54, 1.807) is 0 Å².